The van der Waals surface area contributed by atoms with E-state index in [2.05, 4.69) is 9.69 Å². The second-order valence-corrected chi connectivity index (χ2v) is 4.23. The highest BCUT2D eigenvalue weighted by Crippen LogP contribution is 2.18. The van der Waals surface area contributed by atoms with E-state index in [1.165, 1.54) is 31.2 Å². The lowest BCUT2D eigenvalue weighted by molar-refractivity contribution is -0.121. The van der Waals surface area contributed by atoms with Crippen molar-refractivity contribution in [1.29, 1.82) is 0 Å². The van der Waals surface area contributed by atoms with E-state index in [0.29, 0.717) is 27.8 Å². The molecule has 1 amide bonds. The molecule has 7 nitrogen and oxygen atoms in total. The first-order valence-electron chi connectivity index (χ1n) is 6.36. The Morgan fingerprint density at radius 1 is 1.00 bits per heavy atom. The molecule has 2 rings (SSSR count). The SMILES string of the molecule is C.[C-]#[N+]c1ccc(N(O)C(C)=O)cc1.[C-]#[N+]c1ccc(NO)cc1. The predicted molar refractivity (Wildman–Crippen MR) is 92.5 cm³/mol. The fourth-order valence-electron chi connectivity index (χ4n) is 1.46. The van der Waals surface area contributed by atoms with Crippen LogP contribution in [0.1, 0.15) is 14.4 Å². The third kappa shape index (κ3) is 6.16. The third-order valence-corrected chi connectivity index (χ3v) is 2.65. The van der Waals surface area contributed by atoms with Crippen molar-refractivity contribution in [2.24, 2.45) is 0 Å². The predicted octanol–water partition coefficient (Wildman–Crippen LogP) is 4.65. The Bertz CT molecular complexity index is 728. The molecule has 0 atom stereocenters. The van der Waals surface area contributed by atoms with Gasteiger partial charge in [0, 0.05) is 6.92 Å². The molecule has 0 heterocycles. The maximum absolute atomic E-state index is 10.7. The lowest BCUT2D eigenvalue weighted by Gasteiger charge is -2.11. The Balaban J connectivity index is 0.000000436. The van der Waals surface area contributed by atoms with Crippen LogP contribution in [0.4, 0.5) is 22.7 Å². The molecule has 0 aliphatic rings. The molecule has 24 heavy (non-hydrogen) atoms. The largest absolute Gasteiger partial charge is 0.291 e. The van der Waals surface area contributed by atoms with Crippen molar-refractivity contribution in [2.75, 3.05) is 10.5 Å². The summed E-state index contributed by atoms with van der Waals surface area (Å²) in [4.78, 5) is 17.1. The first-order valence-corrected chi connectivity index (χ1v) is 6.36. The van der Waals surface area contributed by atoms with Crippen molar-refractivity contribution in [3.05, 3.63) is 71.4 Å². The van der Waals surface area contributed by atoms with E-state index < -0.39 is 5.91 Å². The van der Waals surface area contributed by atoms with Crippen LogP contribution in [0.3, 0.4) is 0 Å². The van der Waals surface area contributed by atoms with Gasteiger partial charge in [0.05, 0.1) is 24.5 Å². The summed E-state index contributed by atoms with van der Waals surface area (Å²) >= 11 is 0. The zero-order chi connectivity index (χ0) is 17.2. The fraction of sp³-hybridized carbons (Fsp3) is 0.118. The van der Waals surface area contributed by atoms with Crippen LogP contribution in [0.15, 0.2) is 48.5 Å². The summed E-state index contributed by atoms with van der Waals surface area (Å²) in [5.74, 6) is -0.462. The van der Waals surface area contributed by atoms with Crippen LogP contribution >= 0.6 is 0 Å². The first kappa shape index (κ1) is 20.6. The van der Waals surface area contributed by atoms with E-state index in [4.69, 9.17) is 23.6 Å². The average molecular weight is 326 g/mol. The van der Waals surface area contributed by atoms with Crippen molar-refractivity contribution in [3.8, 4) is 0 Å². The standard InChI is InChI=1S/C9H8N2O2.C7H6N2O.CH4/c1-7(12)11(13)9-5-3-8(10-2)4-6-9;1-8-6-2-4-7(9-10)5-3-6;/h3-6,13H,1H3;2-5,9-10H;1H4. The summed E-state index contributed by atoms with van der Waals surface area (Å²) < 4.78 is 0. The summed E-state index contributed by atoms with van der Waals surface area (Å²) in [6.07, 6.45) is 0. The Morgan fingerprint density at radius 3 is 1.75 bits per heavy atom. The van der Waals surface area contributed by atoms with Gasteiger partial charge in [0.2, 0.25) is 5.91 Å². The normalized spacial score (nSPS) is 8.38. The number of hydrogen-bond donors (Lipinski definition) is 3. The number of amides is 1. The molecule has 0 saturated heterocycles. The number of hydrogen-bond acceptors (Lipinski definition) is 4. The van der Waals surface area contributed by atoms with E-state index in [9.17, 15) is 4.79 Å². The van der Waals surface area contributed by atoms with Crippen molar-refractivity contribution in [2.45, 2.75) is 14.4 Å². The van der Waals surface area contributed by atoms with Crippen LogP contribution in [0, 0.1) is 13.1 Å². The van der Waals surface area contributed by atoms with Gasteiger partial charge in [0.25, 0.3) is 0 Å². The van der Waals surface area contributed by atoms with E-state index >= 15 is 0 Å². The molecule has 2 aromatic carbocycles. The molecular weight excluding hydrogens is 308 g/mol. The molecule has 0 fully saturated rings. The highest BCUT2D eigenvalue weighted by molar-refractivity contribution is 5.89. The second-order valence-electron chi connectivity index (χ2n) is 4.23. The smallest absolute Gasteiger partial charge is 0.247 e. The van der Waals surface area contributed by atoms with Gasteiger partial charge in [0.1, 0.15) is 0 Å². The molecule has 0 radical (unpaired) electrons. The highest BCUT2D eigenvalue weighted by atomic mass is 16.5. The summed E-state index contributed by atoms with van der Waals surface area (Å²) in [6.45, 7) is 14.6. The molecular formula is C17H18N4O3. The summed E-state index contributed by atoms with van der Waals surface area (Å²) in [6, 6.07) is 12.6. The maximum atomic E-state index is 10.7. The molecule has 0 aliphatic heterocycles. The number of nitrogens with zero attached hydrogens (tertiary/aromatic N) is 3. The zero-order valence-corrected chi connectivity index (χ0v) is 12.3. The van der Waals surface area contributed by atoms with Crippen molar-refractivity contribution >= 4 is 28.7 Å². The highest BCUT2D eigenvalue weighted by Gasteiger charge is 2.06. The number of nitrogens with one attached hydrogen (secondary N) is 1. The summed E-state index contributed by atoms with van der Waals surface area (Å²) in [7, 11) is 0. The maximum Gasteiger partial charge on any atom is 0.247 e. The van der Waals surface area contributed by atoms with Gasteiger partial charge in [-0.05, 0) is 24.3 Å². The molecule has 0 saturated carbocycles. The van der Waals surface area contributed by atoms with Crippen LogP contribution in [-0.2, 0) is 4.79 Å². The molecule has 0 unspecified atom stereocenters. The number of benzene rings is 2. The average Bonchev–Trinajstić information content (AvgIpc) is 2.61. The minimum Gasteiger partial charge on any atom is -0.291 e. The molecule has 0 aromatic heterocycles. The number of hydroxylamine groups is 1. The molecule has 3 N–H and O–H groups in total. The Hall–Kier alpha value is -3.39. The van der Waals surface area contributed by atoms with Gasteiger partial charge in [-0.15, -0.1) is 0 Å². The Labute approximate surface area is 140 Å². The molecule has 0 spiro atoms. The van der Waals surface area contributed by atoms with Crippen LogP contribution in [-0.4, -0.2) is 16.3 Å². The summed E-state index contributed by atoms with van der Waals surface area (Å²) in [5, 5.41) is 18.1. The minimum absolute atomic E-state index is 0. The summed E-state index contributed by atoms with van der Waals surface area (Å²) in [5.41, 5.74) is 3.97. The topological polar surface area (TPSA) is 81.5 Å². The number of carbonyl (C=O) groups excluding carboxylic acids is 1. The van der Waals surface area contributed by atoms with Gasteiger partial charge in [-0.25, -0.2) is 9.69 Å². The van der Waals surface area contributed by atoms with Crippen LogP contribution < -0.4 is 10.5 Å². The van der Waals surface area contributed by atoms with Gasteiger partial charge in [-0.2, -0.15) is 5.06 Å². The van der Waals surface area contributed by atoms with E-state index in [1.807, 2.05) is 5.48 Å². The van der Waals surface area contributed by atoms with Crippen LogP contribution in [0.25, 0.3) is 9.69 Å². The van der Waals surface area contributed by atoms with Crippen LogP contribution in [0.5, 0.6) is 0 Å². The molecule has 0 aliphatic carbocycles. The van der Waals surface area contributed by atoms with Crippen LogP contribution in [0.2, 0.25) is 0 Å². The lowest BCUT2D eigenvalue weighted by atomic mass is 10.3. The number of rotatable bonds is 2. The first-order chi connectivity index (χ1) is 11.0. The number of carbonyl (C=O) groups is 1. The molecule has 2 aromatic rings. The Morgan fingerprint density at radius 2 is 1.42 bits per heavy atom. The quantitative estimate of drug-likeness (QED) is 0.426. The number of anilines is 2. The van der Waals surface area contributed by atoms with Gasteiger partial charge in [0.15, 0.2) is 11.4 Å². The van der Waals surface area contributed by atoms with E-state index in [-0.39, 0.29) is 7.43 Å². The van der Waals surface area contributed by atoms with E-state index in [1.54, 1.807) is 24.3 Å². The van der Waals surface area contributed by atoms with Crippen molar-refractivity contribution < 1.29 is 15.2 Å². The van der Waals surface area contributed by atoms with Gasteiger partial charge in [-0.1, -0.05) is 31.7 Å². The third-order valence-electron chi connectivity index (χ3n) is 2.65. The molecule has 0 bridgehead atoms. The van der Waals surface area contributed by atoms with Crippen molar-refractivity contribution in [1.82, 2.24) is 0 Å². The monoisotopic (exact) mass is 326 g/mol. The Kier molecular flexibility index (Phi) is 8.89. The van der Waals surface area contributed by atoms with Crippen molar-refractivity contribution in [3.63, 3.8) is 0 Å². The fourth-order valence-corrected chi connectivity index (χ4v) is 1.46. The minimum atomic E-state index is -0.462. The van der Waals surface area contributed by atoms with E-state index in [0.717, 1.165) is 0 Å². The second kappa shape index (κ2) is 10.4. The lowest BCUT2D eigenvalue weighted by Crippen LogP contribution is -2.23. The molecule has 7 heteroatoms. The molecule has 124 valence electrons. The van der Waals surface area contributed by atoms with Gasteiger partial charge >= 0.3 is 0 Å². The van der Waals surface area contributed by atoms with Gasteiger partial charge < -0.3 is 0 Å². The zero-order valence-electron chi connectivity index (χ0n) is 12.3. The van der Waals surface area contributed by atoms with Gasteiger partial charge in [-0.3, -0.25) is 20.7 Å².